The van der Waals surface area contributed by atoms with Gasteiger partial charge in [-0.15, -0.1) is 0 Å². The first kappa shape index (κ1) is 32.4. The smallest absolute Gasteiger partial charge is 0.252 e. The van der Waals surface area contributed by atoms with Gasteiger partial charge in [-0.1, -0.05) is 86.6 Å². The topological polar surface area (TPSA) is 102 Å². The van der Waals surface area contributed by atoms with Crippen molar-refractivity contribution in [1.29, 1.82) is 0 Å². The predicted octanol–water partition coefficient (Wildman–Crippen LogP) is 6.50. The fraction of sp³-hybridized carbons (Fsp3) is 0.257. The molecule has 0 heterocycles. The second-order valence-corrected chi connectivity index (χ2v) is 12.8. The van der Waals surface area contributed by atoms with Gasteiger partial charge in [-0.3, -0.25) is 14.3 Å². The van der Waals surface area contributed by atoms with Crippen molar-refractivity contribution in [3.05, 3.63) is 137 Å². The zero-order chi connectivity index (χ0) is 31.5. The molecule has 0 saturated heterocycles. The maximum atomic E-state index is 13.8. The molecule has 0 spiro atoms. The van der Waals surface area contributed by atoms with Crippen molar-refractivity contribution in [1.82, 2.24) is 10.0 Å². The highest BCUT2D eigenvalue weighted by atomic mass is 32.2. The number of ether oxygens (including phenoxy) is 1. The summed E-state index contributed by atoms with van der Waals surface area (Å²) in [6.07, 6.45) is 0.632. The van der Waals surface area contributed by atoms with E-state index in [0.29, 0.717) is 28.9 Å². The van der Waals surface area contributed by atoms with E-state index < -0.39 is 15.9 Å². The van der Waals surface area contributed by atoms with Gasteiger partial charge in [-0.25, -0.2) is 12.8 Å². The summed E-state index contributed by atoms with van der Waals surface area (Å²) in [5.41, 5.74) is 3.04. The number of halogens is 1. The van der Waals surface area contributed by atoms with E-state index >= 15 is 0 Å². The van der Waals surface area contributed by atoms with Crippen LogP contribution in [0.4, 0.5) is 4.39 Å². The average molecular weight is 617 g/mol. The number of benzene rings is 4. The Labute approximate surface area is 258 Å². The quantitative estimate of drug-likeness (QED) is 0.168. The van der Waals surface area contributed by atoms with Crippen molar-refractivity contribution in [2.45, 2.75) is 51.5 Å². The largest absolute Gasteiger partial charge is 0.489 e. The number of hydrogen-bond donors (Lipinski definition) is 2. The molecule has 4 aromatic rings. The van der Waals surface area contributed by atoms with Gasteiger partial charge in [-0.05, 0) is 71.3 Å². The molecule has 2 amide bonds. The fourth-order valence-corrected chi connectivity index (χ4v) is 5.96. The summed E-state index contributed by atoms with van der Waals surface area (Å²) in [6.45, 7) is 4.30. The lowest BCUT2D eigenvalue weighted by atomic mass is 9.95. The molecule has 7 nitrogen and oxygen atoms in total. The van der Waals surface area contributed by atoms with E-state index in [9.17, 15) is 22.4 Å². The monoisotopic (exact) mass is 616 g/mol. The molecule has 9 heteroatoms. The van der Waals surface area contributed by atoms with Crippen molar-refractivity contribution >= 4 is 21.8 Å². The average Bonchev–Trinajstić information content (AvgIpc) is 2.99. The van der Waals surface area contributed by atoms with Gasteiger partial charge in [0.25, 0.3) is 5.91 Å². The maximum absolute atomic E-state index is 13.8. The first-order chi connectivity index (χ1) is 21.1. The van der Waals surface area contributed by atoms with E-state index in [1.165, 1.54) is 12.1 Å². The number of amides is 2. The summed E-state index contributed by atoms with van der Waals surface area (Å²) in [5, 5.41) is 3.10. The van der Waals surface area contributed by atoms with E-state index in [4.69, 9.17) is 4.74 Å². The maximum Gasteiger partial charge on any atom is 0.252 e. The third-order valence-corrected chi connectivity index (χ3v) is 8.19. The standard InChI is InChI=1S/C35H37FN2O5S/c1-25(2)21-33(29-15-18-30(36)19-16-29)37-35(40)32-22-27(23-43-31-11-7-4-8-12-31)13-14-28(32)17-20-34(39)38-44(41,42)24-26-9-5-3-6-10-26/h3-16,18-19,22,25,33H,17,20-21,23-24H2,1-2H3,(H,37,40)(H,38,39). The molecule has 44 heavy (non-hydrogen) atoms. The number of hydrogen-bond acceptors (Lipinski definition) is 5. The Morgan fingerprint density at radius 3 is 2.16 bits per heavy atom. The molecule has 0 aliphatic heterocycles. The summed E-state index contributed by atoms with van der Waals surface area (Å²) in [7, 11) is -3.89. The van der Waals surface area contributed by atoms with E-state index in [1.54, 1.807) is 54.6 Å². The van der Waals surface area contributed by atoms with Gasteiger partial charge in [0.1, 0.15) is 18.2 Å². The molecule has 0 aliphatic rings. The Kier molecular flexibility index (Phi) is 11.3. The van der Waals surface area contributed by atoms with Gasteiger partial charge in [0.15, 0.2) is 0 Å². The van der Waals surface area contributed by atoms with E-state index in [1.807, 2.05) is 50.2 Å². The SMILES string of the molecule is CC(C)CC(NC(=O)c1cc(COc2ccccc2)ccc1CCC(=O)NS(=O)(=O)Cc1ccccc1)c1ccc(F)cc1. The number of sulfonamides is 1. The third-order valence-electron chi connectivity index (χ3n) is 6.94. The third kappa shape index (κ3) is 10.1. The van der Waals surface area contributed by atoms with Crippen LogP contribution in [0.25, 0.3) is 0 Å². The summed E-state index contributed by atoms with van der Waals surface area (Å²) in [4.78, 5) is 26.5. The molecule has 4 rings (SSSR count). The van der Waals surface area contributed by atoms with Crippen LogP contribution in [-0.4, -0.2) is 20.2 Å². The van der Waals surface area contributed by atoms with Crippen molar-refractivity contribution in [3.8, 4) is 5.75 Å². The van der Waals surface area contributed by atoms with E-state index in [-0.39, 0.29) is 48.9 Å². The molecular formula is C35H37FN2O5S. The first-order valence-electron chi connectivity index (χ1n) is 14.5. The van der Waals surface area contributed by atoms with E-state index in [0.717, 1.165) is 11.1 Å². The van der Waals surface area contributed by atoms with Crippen molar-refractivity contribution in [2.24, 2.45) is 5.92 Å². The molecule has 0 aromatic heterocycles. The zero-order valence-electron chi connectivity index (χ0n) is 24.8. The molecular weight excluding hydrogens is 579 g/mol. The van der Waals surface area contributed by atoms with Crippen LogP contribution in [-0.2, 0) is 33.6 Å². The lowest BCUT2D eigenvalue weighted by Gasteiger charge is -2.22. The molecule has 0 saturated carbocycles. The van der Waals surface area contributed by atoms with Crippen LogP contribution >= 0.6 is 0 Å². The molecule has 4 aromatic carbocycles. The van der Waals surface area contributed by atoms with Gasteiger partial charge in [-0.2, -0.15) is 0 Å². The molecule has 0 radical (unpaired) electrons. The Balaban J connectivity index is 1.52. The summed E-state index contributed by atoms with van der Waals surface area (Å²) >= 11 is 0. The Hall–Kier alpha value is -4.50. The van der Waals surface area contributed by atoms with Crippen LogP contribution in [0.2, 0.25) is 0 Å². The van der Waals surface area contributed by atoms with E-state index in [2.05, 4.69) is 10.0 Å². The van der Waals surface area contributed by atoms with Crippen molar-refractivity contribution < 1.29 is 27.1 Å². The molecule has 230 valence electrons. The number of nitrogens with one attached hydrogen (secondary N) is 2. The van der Waals surface area contributed by atoms with Crippen LogP contribution in [0.5, 0.6) is 5.75 Å². The second kappa shape index (κ2) is 15.3. The molecule has 0 aliphatic carbocycles. The van der Waals surface area contributed by atoms with Crippen molar-refractivity contribution in [2.75, 3.05) is 0 Å². The highest BCUT2D eigenvalue weighted by Crippen LogP contribution is 2.24. The number of carbonyl (C=O) groups is 2. The van der Waals surface area contributed by atoms with Crippen LogP contribution in [0.1, 0.15) is 65.3 Å². The van der Waals surface area contributed by atoms with Crippen molar-refractivity contribution in [3.63, 3.8) is 0 Å². The second-order valence-electron chi connectivity index (χ2n) is 11.1. The first-order valence-corrected chi connectivity index (χ1v) is 16.2. The van der Waals surface area contributed by atoms with Crippen LogP contribution in [0, 0.1) is 11.7 Å². The molecule has 0 fully saturated rings. The fourth-order valence-electron chi connectivity index (χ4n) is 4.81. The minimum atomic E-state index is -3.89. The van der Waals surface area contributed by atoms with Crippen LogP contribution in [0.3, 0.4) is 0 Å². The Morgan fingerprint density at radius 2 is 1.50 bits per heavy atom. The zero-order valence-corrected chi connectivity index (χ0v) is 25.6. The Morgan fingerprint density at radius 1 is 0.841 bits per heavy atom. The van der Waals surface area contributed by atoms with Crippen LogP contribution < -0.4 is 14.8 Å². The van der Waals surface area contributed by atoms with Gasteiger partial charge in [0.2, 0.25) is 15.9 Å². The predicted molar refractivity (Wildman–Crippen MR) is 169 cm³/mol. The molecule has 1 unspecified atom stereocenters. The number of carbonyl (C=O) groups excluding carboxylic acids is 2. The van der Waals surface area contributed by atoms with Crippen LogP contribution in [0.15, 0.2) is 103 Å². The summed E-state index contributed by atoms with van der Waals surface area (Å²) in [5.74, 6) is -0.757. The minimum Gasteiger partial charge on any atom is -0.489 e. The lowest BCUT2D eigenvalue weighted by molar-refractivity contribution is -0.119. The molecule has 2 N–H and O–H groups in total. The normalized spacial score (nSPS) is 12.0. The minimum absolute atomic E-state index is 0.137. The Bertz CT molecular complexity index is 1640. The number of para-hydroxylation sites is 1. The molecule has 0 bridgehead atoms. The molecule has 1 atom stereocenters. The highest BCUT2D eigenvalue weighted by Gasteiger charge is 2.21. The summed E-state index contributed by atoms with van der Waals surface area (Å²) < 4.78 is 46.8. The lowest BCUT2D eigenvalue weighted by Crippen LogP contribution is -2.32. The van der Waals surface area contributed by atoms with Gasteiger partial charge in [0.05, 0.1) is 11.8 Å². The number of rotatable bonds is 14. The van der Waals surface area contributed by atoms with Gasteiger partial charge >= 0.3 is 0 Å². The highest BCUT2D eigenvalue weighted by molar-refractivity contribution is 7.89. The number of aryl methyl sites for hydroxylation is 1. The van der Waals surface area contributed by atoms with Gasteiger partial charge < -0.3 is 10.1 Å². The summed E-state index contributed by atoms with van der Waals surface area (Å²) in [6, 6.07) is 28.9. The van der Waals surface area contributed by atoms with Gasteiger partial charge in [0, 0.05) is 12.0 Å².